The highest BCUT2D eigenvalue weighted by Crippen LogP contribution is 2.19. The van der Waals surface area contributed by atoms with Crippen LogP contribution in [0.2, 0.25) is 0 Å². The minimum absolute atomic E-state index is 0.0839. The fraction of sp³-hybridized carbons (Fsp3) is 0.222. The van der Waals surface area contributed by atoms with E-state index in [0.29, 0.717) is 16.9 Å². The van der Waals surface area contributed by atoms with Crippen LogP contribution in [0.4, 0.5) is 15.8 Å². The van der Waals surface area contributed by atoms with Crippen LogP contribution < -0.4 is 9.62 Å². The summed E-state index contributed by atoms with van der Waals surface area (Å²) in [5.41, 5.74) is 1.12. The first-order valence-electron chi connectivity index (χ1n) is 7.81. The van der Waals surface area contributed by atoms with Gasteiger partial charge in [-0.3, -0.25) is 13.9 Å². The van der Waals surface area contributed by atoms with Crippen LogP contribution >= 0.6 is 0 Å². The maximum Gasteiger partial charge on any atom is 0.232 e. The van der Waals surface area contributed by atoms with E-state index in [-0.39, 0.29) is 18.7 Å². The second-order valence-electron chi connectivity index (χ2n) is 5.75. The summed E-state index contributed by atoms with van der Waals surface area (Å²) >= 11 is 0. The number of anilines is 2. The van der Waals surface area contributed by atoms with E-state index in [2.05, 4.69) is 5.32 Å². The molecule has 0 radical (unpaired) electrons. The third-order valence-electron chi connectivity index (χ3n) is 3.61. The van der Waals surface area contributed by atoms with Gasteiger partial charge in [0.1, 0.15) is 5.82 Å². The molecule has 6 nitrogen and oxygen atoms in total. The van der Waals surface area contributed by atoms with Gasteiger partial charge in [-0.2, -0.15) is 0 Å². The van der Waals surface area contributed by atoms with Crippen molar-refractivity contribution in [3.63, 3.8) is 0 Å². The Bertz CT molecular complexity index is 911. The van der Waals surface area contributed by atoms with Crippen LogP contribution in [-0.2, 0) is 14.8 Å². The van der Waals surface area contributed by atoms with Crippen LogP contribution in [-0.4, -0.2) is 32.9 Å². The van der Waals surface area contributed by atoms with E-state index in [1.165, 1.54) is 55.5 Å². The molecule has 0 saturated heterocycles. The number of nitrogens with zero attached hydrogens (tertiary/aromatic N) is 1. The number of carbonyl (C=O) groups is 2. The van der Waals surface area contributed by atoms with Crippen LogP contribution in [0.15, 0.2) is 48.5 Å². The summed E-state index contributed by atoms with van der Waals surface area (Å²) < 4.78 is 38.3. The molecule has 2 aromatic carbocycles. The lowest BCUT2D eigenvalue weighted by Gasteiger charge is -2.22. The van der Waals surface area contributed by atoms with E-state index >= 15 is 0 Å². The van der Waals surface area contributed by atoms with Gasteiger partial charge in [-0.25, -0.2) is 12.8 Å². The average Bonchev–Trinajstić information content (AvgIpc) is 2.54. The molecule has 8 heteroatoms. The Morgan fingerprint density at radius 1 is 1.12 bits per heavy atom. The summed E-state index contributed by atoms with van der Waals surface area (Å²) in [6, 6.07) is 11.5. The van der Waals surface area contributed by atoms with Crippen molar-refractivity contribution in [2.75, 3.05) is 22.4 Å². The van der Waals surface area contributed by atoms with Gasteiger partial charge in [-0.1, -0.05) is 6.07 Å². The number of amides is 1. The molecule has 0 saturated carbocycles. The van der Waals surface area contributed by atoms with Crippen molar-refractivity contribution in [3.05, 3.63) is 59.9 Å². The Labute approximate surface area is 151 Å². The van der Waals surface area contributed by atoms with E-state index in [1.54, 1.807) is 0 Å². The molecule has 138 valence electrons. The minimum Gasteiger partial charge on any atom is -0.326 e. The zero-order valence-electron chi connectivity index (χ0n) is 14.4. The lowest BCUT2D eigenvalue weighted by Crippen LogP contribution is -2.33. The topological polar surface area (TPSA) is 83.6 Å². The van der Waals surface area contributed by atoms with Crippen molar-refractivity contribution in [1.29, 1.82) is 0 Å². The molecule has 0 aliphatic carbocycles. The first-order chi connectivity index (χ1) is 12.2. The summed E-state index contributed by atoms with van der Waals surface area (Å²) in [7, 11) is -3.62. The Kier molecular flexibility index (Phi) is 6.10. The highest BCUT2D eigenvalue weighted by molar-refractivity contribution is 7.92. The number of benzene rings is 2. The largest absolute Gasteiger partial charge is 0.326 e. The summed E-state index contributed by atoms with van der Waals surface area (Å²) in [5.74, 6) is -1.05. The number of nitrogens with one attached hydrogen (secondary N) is 1. The maximum atomic E-state index is 13.1. The fourth-order valence-electron chi connectivity index (χ4n) is 2.34. The van der Waals surface area contributed by atoms with E-state index in [4.69, 9.17) is 0 Å². The molecule has 0 spiro atoms. The zero-order valence-corrected chi connectivity index (χ0v) is 15.2. The molecule has 1 amide bonds. The maximum absolute atomic E-state index is 13.1. The summed E-state index contributed by atoms with van der Waals surface area (Å²) in [5, 5.41) is 2.52. The van der Waals surface area contributed by atoms with Gasteiger partial charge in [-0.05, 0) is 49.4 Å². The van der Waals surface area contributed by atoms with Gasteiger partial charge in [0.25, 0.3) is 0 Å². The van der Waals surface area contributed by atoms with E-state index < -0.39 is 21.7 Å². The fourth-order valence-corrected chi connectivity index (χ4v) is 3.27. The van der Waals surface area contributed by atoms with Crippen LogP contribution in [0.5, 0.6) is 0 Å². The van der Waals surface area contributed by atoms with E-state index in [9.17, 15) is 22.4 Å². The van der Waals surface area contributed by atoms with Crippen molar-refractivity contribution in [1.82, 2.24) is 0 Å². The monoisotopic (exact) mass is 378 g/mol. The molecule has 26 heavy (non-hydrogen) atoms. The van der Waals surface area contributed by atoms with Crippen molar-refractivity contribution in [2.45, 2.75) is 13.3 Å². The second-order valence-corrected chi connectivity index (χ2v) is 7.65. The summed E-state index contributed by atoms with van der Waals surface area (Å²) in [4.78, 5) is 23.4. The van der Waals surface area contributed by atoms with Gasteiger partial charge in [0.2, 0.25) is 15.9 Å². The lowest BCUT2D eigenvalue weighted by molar-refractivity contribution is -0.116. The predicted octanol–water partition coefficient (Wildman–Crippen LogP) is 2.82. The molecule has 0 atom stereocenters. The molecule has 1 N–H and O–H groups in total. The molecule has 0 unspecified atom stereocenters. The normalized spacial score (nSPS) is 11.0. The molecule has 0 aromatic heterocycles. The Morgan fingerprint density at radius 3 is 2.31 bits per heavy atom. The van der Waals surface area contributed by atoms with Crippen molar-refractivity contribution in [3.8, 4) is 0 Å². The smallest absolute Gasteiger partial charge is 0.232 e. The molecular formula is C18H19FN2O4S. The Morgan fingerprint density at radius 2 is 1.77 bits per heavy atom. The molecule has 0 heterocycles. The third kappa shape index (κ3) is 5.38. The SMILES string of the molecule is CC(=O)c1ccc(N(CCC(=O)Nc2cccc(F)c2)S(C)(=O)=O)cc1. The third-order valence-corrected chi connectivity index (χ3v) is 4.81. The number of hydrogen-bond acceptors (Lipinski definition) is 4. The van der Waals surface area contributed by atoms with Gasteiger partial charge >= 0.3 is 0 Å². The second kappa shape index (κ2) is 8.09. The first-order valence-corrected chi connectivity index (χ1v) is 9.66. The molecule has 0 fully saturated rings. The van der Waals surface area contributed by atoms with Crippen molar-refractivity contribution >= 4 is 33.1 Å². The number of halogens is 1. The number of sulfonamides is 1. The summed E-state index contributed by atoms with van der Waals surface area (Å²) in [6.45, 7) is 1.33. The number of hydrogen-bond donors (Lipinski definition) is 1. The Balaban J connectivity index is 2.09. The highest BCUT2D eigenvalue weighted by atomic mass is 32.2. The number of ketones is 1. The van der Waals surface area contributed by atoms with E-state index in [1.807, 2.05) is 0 Å². The average molecular weight is 378 g/mol. The zero-order chi connectivity index (χ0) is 19.3. The van der Waals surface area contributed by atoms with Gasteiger partial charge < -0.3 is 5.32 Å². The molecule has 0 aliphatic heterocycles. The lowest BCUT2D eigenvalue weighted by atomic mass is 10.1. The number of Topliss-reactive ketones (excluding diaryl/α,β-unsaturated/α-hetero) is 1. The Hall–Kier alpha value is -2.74. The van der Waals surface area contributed by atoms with Gasteiger partial charge in [0.15, 0.2) is 5.78 Å². The minimum atomic E-state index is -3.62. The van der Waals surface area contributed by atoms with Crippen LogP contribution in [0.25, 0.3) is 0 Å². The molecule has 0 aliphatic rings. The van der Waals surface area contributed by atoms with E-state index in [0.717, 1.165) is 10.6 Å². The van der Waals surface area contributed by atoms with Gasteiger partial charge in [0.05, 0.1) is 11.9 Å². The van der Waals surface area contributed by atoms with Crippen molar-refractivity contribution < 1.29 is 22.4 Å². The van der Waals surface area contributed by atoms with Crippen LogP contribution in [0.1, 0.15) is 23.7 Å². The van der Waals surface area contributed by atoms with Gasteiger partial charge in [0, 0.05) is 24.2 Å². The molecule has 2 rings (SSSR count). The molecule has 0 bridgehead atoms. The van der Waals surface area contributed by atoms with Gasteiger partial charge in [-0.15, -0.1) is 0 Å². The standard InChI is InChI=1S/C18H19FN2O4S/c1-13(22)14-6-8-17(9-7-14)21(26(2,24)25)11-10-18(23)20-16-5-3-4-15(19)12-16/h3-9,12H,10-11H2,1-2H3,(H,20,23). The highest BCUT2D eigenvalue weighted by Gasteiger charge is 2.19. The number of rotatable bonds is 7. The quantitative estimate of drug-likeness (QED) is 0.751. The van der Waals surface area contributed by atoms with Crippen LogP contribution in [0.3, 0.4) is 0 Å². The van der Waals surface area contributed by atoms with Crippen molar-refractivity contribution in [2.24, 2.45) is 0 Å². The van der Waals surface area contributed by atoms with Crippen LogP contribution in [0, 0.1) is 5.82 Å². The molecular weight excluding hydrogens is 359 g/mol. The first kappa shape index (κ1) is 19.6. The predicted molar refractivity (Wildman–Crippen MR) is 98.3 cm³/mol. The summed E-state index contributed by atoms with van der Waals surface area (Å²) in [6.07, 6.45) is 0.925. The number of carbonyl (C=O) groups excluding carboxylic acids is 2. The molecule has 2 aromatic rings.